The predicted molar refractivity (Wildman–Crippen MR) is 58.5 cm³/mol. The van der Waals surface area contributed by atoms with Crippen molar-refractivity contribution in [2.24, 2.45) is 20.0 Å². The second-order valence-corrected chi connectivity index (χ2v) is 2.78. The van der Waals surface area contributed by atoms with Gasteiger partial charge in [0.2, 0.25) is 24.3 Å². The Balaban J connectivity index is 5.05. The Morgan fingerprint density at radius 1 is 0.778 bits per heavy atom. The minimum absolute atomic E-state index is 0.0202. The van der Waals surface area contributed by atoms with Crippen LogP contribution in [-0.4, -0.2) is 37.4 Å². The molecular weight excluding hydrogens is 240 g/mol. The average molecular weight is 248 g/mol. The van der Waals surface area contributed by atoms with Crippen molar-refractivity contribution in [2.75, 3.05) is 13.1 Å². The molecule has 0 spiro atoms. The molecule has 0 aromatic heterocycles. The zero-order valence-corrected chi connectivity index (χ0v) is 9.25. The highest BCUT2D eigenvalue weighted by atomic mass is 16.1. The maximum atomic E-state index is 10.2. The van der Waals surface area contributed by atoms with Gasteiger partial charge in [-0.15, -0.1) is 0 Å². The first-order valence-electron chi connectivity index (χ1n) is 4.75. The second kappa shape index (κ2) is 10.8. The molecule has 0 heterocycles. The number of hydrogen-bond donors (Lipinski definition) is 0. The summed E-state index contributed by atoms with van der Waals surface area (Å²) in [5.74, 6) is 0. The molecule has 0 bridgehead atoms. The van der Waals surface area contributed by atoms with Crippen molar-refractivity contribution in [2.45, 2.75) is 12.8 Å². The highest BCUT2D eigenvalue weighted by Gasteiger charge is 2.05. The molecule has 0 unspecified atom stereocenters. The van der Waals surface area contributed by atoms with Gasteiger partial charge in [0.1, 0.15) is 0 Å². The summed E-state index contributed by atoms with van der Waals surface area (Å²) in [6.07, 6.45) is 5.81. The smallest absolute Gasteiger partial charge is 0.211 e. The molecule has 0 aliphatic heterocycles. The monoisotopic (exact) mass is 248 g/mol. The summed E-state index contributed by atoms with van der Waals surface area (Å²) in [7, 11) is 0. The van der Waals surface area contributed by atoms with Gasteiger partial charge < -0.3 is 0 Å². The van der Waals surface area contributed by atoms with Gasteiger partial charge in [0, 0.05) is 0 Å². The van der Waals surface area contributed by atoms with Crippen LogP contribution in [0.2, 0.25) is 0 Å². The van der Waals surface area contributed by atoms with Crippen LogP contribution in [0.3, 0.4) is 0 Å². The molecule has 0 amide bonds. The lowest BCUT2D eigenvalue weighted by Gasteiger charge is -2.01. The molecule has 18 heavy (non-hydrogen) atoms. The van der Waals surface area contributed by atoms with Gasteiger partial charge >= 0.3 is 0 Å². The van der Waals surface area contributed by atoms with E-state index in [-0.39, 0.29) is 30.9 Å². The van der Waals surface area contributed by atoms with Gasteiger partial charge in [0.15, 0.2) is 0 Å². The maximum Gasteiger partial charge on any atom is 0.240 e. The molecule has 92 valence electrons. The molecule has 0 N–H and O–H groups in total. The third-order valence-corrected chi connectivity index (χ3v) is 1.74. The van der Waals surface area contributed by atoms with E-state index in [1.807, 2.05) is 0 Å². The van der Waals surface area contributed by atoms with E-state index in [2.05, 4.69) is 20.0 Å². The number of carbonyl (C=O) groups excluding carboxylic acids is 4. The molecule has 0 aliphatic rings. The summed E-state index contributed by atoms with van der Waals surface area (Å²) in [6.45, 7) is -0.0490. The Bertz CT molecular complexity index is 500. The zero-order valence-electron chi connectivity index (χ0n) is 9.25. The van der Waals surface area contributed by atoms with Crippen LogP contribution >= 0.6 is 0 Å². The highest BCUT2D eigenvalue weighted by Crippen LogP contribution is 2.14. The van der Waals surface area contributed by atoms with Crippen LogP contribution in [0.25, 0.3) is 0 Å². The highest BCUT2D eigenvalue weighted by molar-refractivity contribution is 5.43. The van der Waals surface area contributed by atoms with Gasteiger partial charge in [0.25, 0.3) is 0 Å². The topological polar surface area (TPSA) is 118 Å². The molecule has 8 heteroatoms. The molecular formula is C10H8N4O4. The van der Waals surface area contributed by atoms with Crippen LogP contribution in [0.1, 0.15) is 12.8 Å². The summed E-state index contributed by atoms with van der Waals surface area (Å²) < 4.78 is 0. The van der Waals surface area contributed by atoms with Gasteiger partial charge in [-0.3, -0.25) is 0 Å². The first kappa shape index (κ1) is 15.3. The number of rotatable bonds is 8. The van der Waals surface area contributed by atoms with E-state index in [1.165, 1.54) is 24.3 Å². The quantitative estimate of drug-likeness (QED) is 0.349. The summed E-state index contributed by atoms with van der Waals surface area (Å²) in [6, 6.07) is 0. The Morgan fingerprint density at radius 2 is 1.39 bits per heavy atom. The first-order valence-corrected chi connectivity index (χ1v) is 4.75. The van der Waals surface area contributed by atoms with Crippen molar-refractivity contribution in [1.82, 2.24) is 0 Å². The summed E-state index contributed by atoms with van der Waals surface area (Å²) in [5.41, 5.74) is 0.153. The number of allylic oxidation sites excluding steroid dienone is 1. The van der Waals surface area contributed by atoms with E-state index in [0.717, 1.165) is 0 Å². The van der Waals surface area contributed by atoms with Crippen LogP contribution in [0.5, 0.6) is 0 Å². The van der Waals surface area contributed by atoms with Gasteiger partial charge in [-0.25, -0.2) is 24.2 Å². The van der Waals surface area contributed by atoms with E-state index >= 15 is 0 Å². The van der Waals surface area contributed by atoms with Crippen LogP contribution < -0.4 is 0 Å². The Morgan fingerprint density at radius 3 is 1.94 bits per heavy atom. The van der Waals surface area contributed by atoms with Gasteiger partial charge in [-0.2, -0.15) is 15.0 Å². The van der Waals surface area contributed by atoms with Crippen LogP contribution in [0, 0.1) is 0 Å². The van der Waals surface area contributed by atoms with Crippen molar-refractivity contribution in [3.05, 3.63) is 11.4 Å². The molecule has 0 aromatic rings. The number of aliphatic imine (C=N–C) groups is 4. The Labute approximate surface area is 102 Å². The normalized spacial score (nSPS) is 9.78. The summed E-state index contributed by atoms with van der Waals surface area (Å²) >= 11 is 0. The molecule has 0 saturated carbocycles. The fourth-order valence-electron chi connectivity index (χ4n) is 1.04. The summed E-state index contributed by atoms with van der Waals surface area (Å²) in [5, 5.41) is 0. The fraction of sp³-hybridized carbons (Fsp3) is 0.400. The standard InChI is InChI=1S/C10H8N4O4/c15-5-11-3-1-2-9(13-7-17)10(14-8-18)4-12-6-16/h1-4H2. The van der Waals surface area contributed by atoms with Crippen molar-refractivity contribution in [1.29, 1.82) is 0 Å². The number of hydrogen-bond acceptors (Lipinski definition) is 8. The number of isocyanates is 4. The van der Waals surface area contributed by atoms with Crippen molar-refractivity contribution in [3.8, 4) is 0 Å². The fourth-order valence-corrected chi connectivity index (χ4v) is 1.04. The van der Waals surface area contributed by atoms with Gasteiger partial charge in [-0.1, -0.05) is 0 Å². The lowest BCUT2D eigenvalue weighted by molar-refractivity contribution is 0.560. The van der Waals surface area contributed by atoms with E-state index < -0.39 is 0 Å². The molecule has 0 aliphatic carbocycles. The maximum absolute atomic E-state index is 10.2. The molecule has 0 fully saturated rings. The largest absolute Gasteiger partial charge is 0.240 e. The Hall–Kier alpha value is -2.74. The number of nitrogens with zero attached hydrogens (tertiary/aromatic N) is 4. The van der Waals surface area contributed by atoms with Crippen LogP contribution in [-0.2, 0) is 19.2 Å². The molecule has 0 aromatic carbocycles. The molecule has 0 rings (SSSR count). The van der Waals surface area contributed by atoms with E-state index in [4.69, 9.17) is 0 Å². The van der Waals surface area contributed by atoms with Gasteiger partial charge in [0.05, 0.1) is 24.5 Å². The third-order valence-electron chi connectivity index (χ3n) is 1.74. The van der Waals surface area contributed by atoms with Crippen LogP contribution in [0.15, 0.2) is 31.4 Å². The lowest BCUT2D eigenvalue weighted by atomic mass is 10.2. The molecule has 8 nitrogen and oxygen atoms in total. The molecule has 0 saturated heterocycles. The molecule has 0 radical (unpaired) electrons. The first-order chi connectivity index (χ1) is 8.79. The minimum Gasteiger partial charge on any atom is -0.211 e. The summed E-state index contributed by atoms with van der Waals surface area (Å²) in [4.78, 5) is 53.4. The lowest BCUT2D eigenvalue weighted by Crippen LogP contribution is -1.94. The molecule has 0 atom stereocenters. The van der Waals surface area contributed by atoms with Gasteiger partial charge in [-0.05, 0) is 12.8 Å². The van der Waals surface area contributed by atoms with Crippen molar-refractivity contribution >= 4 is 24.3 Å². The zero-order chi connectivity index (χ0) is 13.6. The van der Waals surface area contributed by atoms with E-state index in [0.29, 0.717) is 6.42 Å². The SMILES string of the molecule is O=C=NCCCC(N=C=O)=C(CN=C=O)N=C=O. The Kier molecular flexibility index (Phi) is 9.13. The minimum atomic E-state index is -0.240. The second-order valence-electron chi connectivity index (χ2n) is 2.78. The van der Waals surface area contributed by atoms with Crippen molar-refractivity contribution < 1.29 is 19.2 Å². The van der Waals surface area contributed by atoms with Crippen LogP contribution in [0.4, 0.5) is 0 Å². The van der Waals surface area contributed by atoms with E-state index in [1.54, 1.807) is 0 Å². The predicted octanol–water partition coefficient (Wildman–Crippen LogP) is 0.321. The third kappa shape index (κ3) is 6.69. The van der Waals surface area contributed by atoms with Crippen molar-refractivity contribution in [3.63, 3.8) is 0 Å². The van der Waals surface area contributed by atoms with E-state index in [9.17, 15) is 19.2 Å². The average Bonchev–Trinajstić information content (AvgIpc) is 2.38.